The fraction of sp³-hybridized carbons (Fsp3) is 0.833. The Kier molecular flexibility index (Phi) is 5.86. The highest BCUT2D eigenvalue weighted by atomic mass is 16.7. The van der Waals surface area contributed by atoms with Gasteiger partial charge in [-0.05, 0) is 31.1 Å². The van der Waals surface area contributed by atoms with Crippen molar-refractivity contribution in [3.8, 4) is 0 Å². The minimum Gasteiger partial charge on any atom is -0.436 e. The molecule has 0 radical (unpaired) electrons. The van der Waals surface area contributed by atoms with Crippen LogP contribution in [0.25, 0.3) is 0 Å². The van der Waals surface area contributed by atoms with Crippen molar-refractivity contribution < 1.29 is 14.3 Å². The molecule has 21 heavy (non-hydrogen) atoms. The van der Waals surface area contributed by atoms with Crippen LogP contribution in [0.2, 0.25) is 0 Å². The van der Waals surface area contributed by atoms with Crippen molar-refractivity contribution in [1.29, 1.82) is 0 Å². The van der Waals surface area contributed by atoms with Crippen molar-refractivity contribution in [2.45, 2.75) is 66.1 Å². The van der Waals surface area contributed by atoms with Crippen LogP contribution in [0.1, 0.15) is 59.8 Å². The van der Waals surface area contributed by atoms with Gasteiger partial charge in [0.2, 0.25) is 6.29 Å². The second-order valence-corrected chi connectivity index (χ2v) is 6.95. The predicted octanol–water partition coefficient (Wildman–Crippen LogP) is 4.32. The number of fused-ring (bicyclic) bond motifs is 1. The van der Waals surface area contributed by atoms with Gasteiger partial charge in [0.15, 0.2) is 0 Å². The van der Waals surface area contributed by atoms with Crippen LogP contribution in [-0.4, -0.2) is 18.9 Å². The molecule has 3 heteroatoms. The topological polar surface area (TPSA) is 35.5 Å². The molecular weight excluding hydrogens is 264 g/mol. The van der Waals surface area contributed by atoms with Gasteiger partial charge in [0.25, 0.3) is 0 Å². The van der Waals surface area contributed by atoms with Gasteiger partial charge in [-0.3, -0.25) is 4.79 Å². The molecule has 1 aliphatic heterocycles. The molecule has 0 aromatic heterocycles. The van der Waals surface area contributed by atoms with Crippen LogP contribution in [0.4, 0.5) is 0 Å². The Morgan fingerprint density at radius 3 is 2.90 bits per heavy atom. The van der Waals surface area contributed by atoms with Crippen LogP contribution in [0.15, 0.2) is 11.6 Å². The summed E-state index contributed by atoms with van der Waals surface area (Å²) in [5.74, 6) is 2.02. The third-order valence-electron chi connectivity index (χ3n) is 5.00. The van der Waals surface area contributed by atoms with Gasteiger partial charge in [-0.25, -0.2) is 0 Å². The monoisotopic (exact) mass is 294 g/mol. The third kappa shape index (κ3) is 4.32. The molecule has 2 aliphatic rings. The number of hydrogen-bond donors (Lipinski definition) is 0. The second kappa shape index (κ2) is 7.44. The molecule has 0 bridgehead atoms. The van der Waals surface area contributed by atoms with E-state index in [1.807, 2.05) is 0 Å². The van der Waals surface area contributed by atoms with Crippen LogP contribution in [-0.2, 0) is 14.3 Å². The Hall–Kier alpha value is -0.830. The van der Waals surface area contributed by atoms with E-state index < -0.39 is 0 Å². The second-order valence-electron chi connectivity index (χ2n) is 6.95. The van der Waals surface area contributed by atoms with Crippen molar-refractivity contribution >= 4 is 5.97 Å². The molecule has 0 N–H and O–H groups in total. The third-order valence-corrected chi connectivity index (χ3v) is 5.00. The average Bonchev–Trinajstić information content (AvgIpc) is 2.80. The number of carbonyl (C=O) groups excluding carboxylic acids is 1. The zero-order valence-electron chi connectivity index (χ0n) is 13.9. The van der Waals surface area contributed by atoms with Crippen molar-refractivity contribution in [3.63, 3.8) is 0 Å². The minimum atomic E-state index is -0.320. The van der Waals surface area contributed by atoms with Gasteiger partial charge < -0.3 is 9.47 Å². The molecule has 0 spiro atoms. The lowest BCUT2D eigenvalue weighted by atomic mass is 9.77. The molecule has 1 saturated heterocycles. The van der Waals surface area contributed by atoms with E-state index in [4.69, 9.17) is 9.47 Å². The Balaban J connectivity index is 1.92. The first kappa shape index (κ1) is 16.5. The summed E-state index contributed by atoms with van der Waals surface area (Å²) < 4.78 is 11.0. The fourth-order valence-electron chi connectivity index (χ4n) is 3.93. The van der Waals surface area contributed by atoms with E-state index in [0.29, 0.717) is 24.4 Å². The van der Waals surface area contributed by atoms with E-state index in [1.54, 1.807) is 5.57 Å². The highest BCUT2D eigenvalue weighted by Gasteiger charge is 2.40. The zero-order chi connectivity index (χ0) is 15.4. The van der Waals surface area contributed by atoms with Gasteiger partial charge in [-0.15, -0.1) is 0 Å². The van der Waals surface area contributed by atoms with Gasteiger partial charge in [0.05, 0.1) is 6.61 Å². The largest absolute Gasteiger partial charge is 0.436 e. The first-order valence-electron chi connectivity index (χ1n) is 8.50. The van der Waals surface area contributed by atoms with Gasteiger partial charge in [-0.2, -0.15) is 0 Å². The van der Waals surface area contributed by atoms with E-state index in [-0.39, 0.29) is 12.3 Å². The van der Waals surface area contributed by atoms with Crippen LogP contribution in [0, 0.1) is 23.7 Å². The number of carbonyl (C=O) groups is 1. The van der Waals surface area contributed by atoms with Crippen molar-refractivity contribution in [2.24, 2.45) is 23.7 Å². The molecule has 120 valence electrons. The normalized spacial score (nSPS) is 31.2. The first-order valence-corrected chi connectivity index (χ1v) is 8.50. The quantitative estimate of drug-likeness (QED) is 0.540. The minimum absolute atomic E-state index is 0.239. The summed E-state index contributed by atoms with van der Waals surface area (Å²) >= 11 is 0. The summed E-state index contributed by atoms with van der Waals surface area (Å²) in [6.07, 6.45) is 8.19. The lowest BCUT2D eigenvalue weighted by Gasteiger charge is -2.29. The maximum absolute atomic E-state index is 11.1. The van der Waals surface area contributed by atoms with Gasteiger partial charge in [0, 0.05) is 18.8 Å². The standard InChI is InChI=1S/C18H30O3/c1-5-6-12(2)9-13(3)15-7-8-17-16(10-15)11-20-18(17)21-14(4)19/h10,12-13,16-18H,5-9,11H2,1-4H3/t12?,13?,16-,17-,18?/m1/s1. The fourth-order valence-corrected chi connectivity index (χ4v) is 3.93. The summed E-state index contributed by atoms with van der Waals surface area (Å²) in [7, 11) is 0. The zero-order valence-corrected chi connectivity index (χ0v) is 13.9. The molecule has 0 saturated carbocycles. The smallest absolute Gasteiger partial charge is 0.304 e. The van der Waals surface area contributed by atoms with E-state index >= 15 is 0 Å². The SMILES string of the molecule is CCCC(C)CC(C)C1=C[C@@H]2COC(OC(C)=O)[C@@H]2CC1. The highest BCUT2D eigenvalue weighted by molar-refractivity contribution is 5.66. The number of rotatable bonds is 6. The molecule has 1 aliphatic carbocycles. The lowest BCUT2D eigenvalue weighted by Crippen LogP contribution is -2.27. The van der Waals surface area contributed by atoms with E-state index in [2.05, 4.69) is 26.8 Å². The molecule has 5 atom stereocenters. The van der Waals surface area contributed by atoms with E-state index in [1.165, 1.54) is 26.2 Å². The lowest BCUT2D eigenvalue weighted by molar-refractivity contribution is -0.173. The molecular formula is C18H30O3. The molecule has 2 rings (SSSR count). The molecule has 0 aromatic rings. The maximum Gasteiger partial charge on any atom is 0.304 e. The summed E-state index contributed by atoms with van der Waals surface area (Å²) in [5.41, 5.74) is 1.59. The van der Waals surface area contributed by atoms with Crippen LogP contribution in [0.5, 0.6) is 0 Å². The van der Waals surface area contributed by atoms with Crippen LogP contribution >= 0.6 is 0 Å². The van der Waals surface area contributed by atoms with Gasteiger partial charge in [0.1, 0.15) is 0 Å². The van der Waals surface area contributed by atoms with Crippen LogP contribution < -0.4 is 0 Å². The highest BCUT2D eigenvalue weighted by Crippen LogP contribution is 2.41. The molecule has 1 fully saturated rings. The molecule has 0 amide bonds. The van der Waals surface area contributed by atoms with E-state index in [9.17, 15) is 4.79 Å². The summed E-state index contributed by atoms with van der Waals surface area (Å²) in [5, 5.41) is 0. The molecule has 1 heterocycles. The number of hydrogen-bond acceptors (Lipinski definition) is 3. The van der Waals surface area contributed by atoms with Gasteiger partial charge in [-0.1, -0.05) is 45.3 Å². The van der Waals surface area contributed by atoms with Gasteiger partial charge >= 0.3 is 5.97 Å². The molecule has 3 nitrogen and oxygen atoms in total. The molecule has 3 unspecified atom stereocenters. The number of allylic oxidation sites excluding steroid dienone is 1. The summed E-state index contributed by atoms with van der Waals surface area (Å²) in [6.45, 7) is 9.14. The molecule has 0 aromatic carbocycles. The first-order chi connectivity index (χ1) is 10.0. The average molecular weight is 294 g/mol. The Labute approximate surface area is 129 Å². The number of ether oxygens (including phenoxy) is 2. The Morgan fingerprint density at radius 1 is 1.48 bits per heavy atom. The van der Waals surface area contributed by atoms with Crippen molar-refractivity contribution in [3.05, 3.63) is 11.6 Å². The maximum atomic E-state index is 11.1. The summed E-state index contributed by atoms with van der Waals surface area (Å²) in [4.78, 5) is 11.1. The van der Waals surface area contributed by atoms with Crippen LogP contribution in [0.3, 0.4) is 0 Å². The summed E-state index contributed by atoms with van der Waals surface area (Å²) in [6, 6.07) is 0. The van der Waals surface area contributed by atoms with Crippen molar-refractivity contribution in [1.82, 2.24) is 0 Å². The Morgan fingerprint density at radius 2 is 2.24 bits per heavy atom. The predicted molar refractivity (Wildman–Crippen MR) is 83.7 cm³/mol. The number of esters is 1. The van der Waals surface area contributed by atoms with E-state index in [0.717, 1.165) is 18.8 Å². The van der Waals surface area contributed by atoms with Crippen molar-refractivity contribution in [2.75, 3.05) is 6.61 Å². The Bertz CT molecular complexity index is 388.